The van der Waals surface area contributed by atoms with E-state index in [1.54, 1.807) is 11.3 Å². The molecule has 0 spiro atoms. The fraction of sp³-hybridized carbons (Fsp3) is 0.312. The lowest BCUT2D eigenvalue weighted by atomic mass is 9.85. The van der Waals surface area contributed by atoms with Gasteiger partial charge < -0.3 is 5.32 Å². The molecule has 0 saturated carbocycles. The first-order valence-electron chi connectivity index (χ1n) is 6.98. The van der Waals surface area contributed by atoms with Crippen LogP contribution in [0.5, 0.6) is 0 Å². The second-order valence-electron chi connectivity index (χ2n) is 6.21. The fourth-order valence-corrected chi connectivity index (χ4v) is 3.38. The molecule has 2 rings (SSSR count). The summed E-state index contributed by atoms with van der Waals surface area (Å²) in [6.07, 6.45) is 0. The van der Waals surface area contributed by atoms with Gasteiger partial charge in [-0.25, -0.2) is 0 Å². The first-order valence-corrected chi connectivity index (χ1v) is 8.24. The number of nitrogens with zero attached hydrogens (tertiary/aromatic N) is 1. The Bertz CT molecular complexity index is 723. The molecule has 1 N–H and O–H groups in total. The molecule has 1 heterocycles. The van der Waals surface area contributed by atoms with Crippen molar-refractivity contribution in [2.75, 3.05) is 0 Å². The monoisotopic (exact) mass is 352 g/mol. The minimum absolute atomic E-state index is 0.0113. The number of amides is 1. The first kappa shape index (κ1) is 17.4. The van der Waals surface area contributed by atoms with E-state index in [0.717, 1.165) is 4.88 Å². The summed E-state index contributed by atoms with van der Waals surface area (Å²) in [5.74, 6) is -0.363. The molecular weight excluding hydrogens is 336 g/mol. The fourth-order valence-electron chi connectivity index (χ4n) is 2.18. The number of carbonyl (C=O) groups excluding carboxylic acids is 1. The average molecular weight is 353 g/mol. The lowest BCUT2D eigenvalue weighted by Gasteiger charge is -2.30. The summed E-state index contributed by atoms with van der Waals surface area (Å²) in [5, 5.41) is 15.9. The van der Waals surface area contributed by atoms with Gasteiger partial charge in [-0.05, 0) is 29.0 Å². The summed E-state index contributed by atoms with van der Waals surface area (Å²) >= 11 is 7.35. The topological polar surface area (TPSA) is 72.2 Å². The molecule has 0 aliphatic rings. The Hall–Kier alpha value is -1.92. The van der Waals surface area contributed by atoms with E-state index in [-0.39, 0.29) is 33.6 Å². The van der Waals surface area contributed by atoms with Crippen LogP contribution in [0.25, 0.3) is 0 Å². The molecule has 0 aliphatic heterocycles. The van der Waals surface area contributed by atoms with Gasteiger partial charge in [0, 0.05) is 16.5 Å². The normalized spacial score (nSPS) is 12.7. The summed E-state index contributed by atoms with van der Waals surface area (Å²) in [4.78, 5) is 23.9. The molecule has 1 amide bonds. The first-order chi connectivity index (χ1) is 10.7. The van der Waals surface area contributed by atoms with Crippen molar-refractivity contribution >= 4 is 34.5 Å². The summed E-state index contributed by atoms with van der Waals surface area (Å²) in [6, 6.07) is 7.75. The number of nitro groups is 1. The van der Waals surface area contributed by atoms with E-state index in [0.29, 0.717) is 0 Å². The predicted molar refractivity (Wildman–Crippen MR) is 92.1 cm³/mol. The summed E-state index contributed by atoms with van der Waals surface area (Å²) in [6.45, 7) is 6.09. The van der Waals surface area contributed by atoms with E-state index in [1.165, 1.54) is 18.2 Å². The van der Waals surface area contributed by atoms with E-state index >= 15 is 0 Å². The van der Waals surface area contributed by atoms with Gasteiger partial charge in [0.25, 0.3) is 11.6 Å². The quantitative estimate of drug-likeness (QED) is 0.632. The number of benzene rings is 1. The molecule has 5 nitrogen and oxygen atoms in total. The van der Waals surface area contributed by atoms with Gasteiger partial charge in [-0.3, -0.25) is 14.9 Å². The van der Waals surface area contributed by atoms with Crippen molar-refractivity contribution in [3.8, 4) is 0 Å². The number of rotatable bonds is 4. The van der Waals surface area contributed by atoms with Crippen molar-refractivity contribution in [3.63, 3.8) is 0 Å². The summed E-state index contributed by atoms with van der Waals surface area (Å²) in [7, 11) is 0. The van der Waals surface area contributed by atoms with Crippen LogP contribution in [0.3, 0.4) is 0 Å². The molecule has 0 saturated heterocycles. The number of nitrogens with one attached hydrogen (secondary N) is 1. The molecule has 1 unspecified atom stereocenters. The number of halogens is 1. The van der Waals surface area contributed by atoms with Crippen LogP contribution < -0.4 is 5.32 Å². The maximum absolute atomic E-state index is 12.5. The third-order valence-corrected chi connectivity index (χ3v) is 4.63. The molecular formula is C16H17ClN2O3S. The third-order valence-electron chi connectivity index (χ3n) is 3.37. The highest BCUT2D eigenvalue weighted by molar-refractivity contribution is 7.10. The Morgan fingerprint density at radius 1 is 1.35 bits per heavy atom. The highest BCUT2D eigenvalue weighted by Crippen LogP contribution is 2.35. The van der Waals surface area contributed by atoms with Crippen LogP contribution in [0.2, 0.25) is 5.02 Å². The molecule has 2 aromatic rings. The molecule has 0 aliphatic carbocycles. The van der Waals surface area contributed by atoms with Crippen LogP contribution in [0.1, 0.15) is 42.0 Å². The highest BCUT2D eigenvalue weighted by Gasteiger charge is 2.29. The molecule has 0 bridgehead atoms. The van der Waals surface area contributed by atoms with Crippen LogP contribution in [0, 0.1) is 15.5 Å². The van der Waals surface area contributed by atoms with E-state index in [4.69, 9.17) is 11.6 Å². The van der Waals surface area contributed by atoms with Gasteiger partial charge in [0.15, 0.2) is 0 Å². The van der Waals surface area contributed by atoms with Gasteiger partial charge in [-0.2, -0.15) is 0 Å². The van der Waals surface area contributed by atoms with Crippen molar-refractivity contribution in [1.82, 2.24) is 5.32 Å². The Kier molecular flexibility index (Phi) is 5.06. The maximum atomic E-state index is 12.5. The molecule has 1 aromatic heterocycles. The van der Waals surface area contributed by atoms with Gasteiger partial charge >= 0.3 is 0 Å². The number of hydrogen-bond acceptors (Lipinski definition) is 4. The number of nitro benzene ring substituents is 1. The van der Waals surface area contributed by atoms with Gasteiger partial charge in [0.2, 0.25) is 0 Å². The third kappa shape index (κ3) is 4.09. The van der Waals surface area contributed by atoms with E-state index in [1.807, 2.05) is 38.3 Å². The Morgan fingerprint density at radius 2 is 2.04 bits per heavy atom. The zero-order valence-corrected chi connectivity index (χ0v) is 14.6. The second-order valence-corrected chi connectivity index (χ2v) is 7.60. The molecule has 23 heavy (non-hydrogen) atoms. The number of hydrogen-bond donors (Lipinski definition) is 1. The number of thiophene rings is 1. The molecule has 122 valence electrons. The number of carbonyl (C=O) groups is 1. The largest absolute Gasteiger partial charge is 0.344 e. The zero-order chi connectivity index (χ0) is 17.2. The van der Waals surface area contributed by atoms with E-state index in [9.17, 15) is 14.9 Å². The van der Waals surface area contributed by atoms with Crippen molar-refractivity contribution < 1.29 is 9.72 Å². The molecule has 0 fully saturated rings. The highest BCUT2D eigenvalue weighted by atomic mass is 35.5. The Labute approximate surface area is 143 Å². The SMILES string of the molecule is CC(C)(C)C(NC(=O)c1ccc(Cl)c([N+](=O)[O-])c1)c1cccs1. The smallest absolute Gasteiger partial charge is 0.288 e. The lowest BCUT2D eigenvalue weighted by molar-refractivity contribution is -0.384. The average Bonchev–Trinajstić information content (AvgIpc) is 2.97. The summed E-state index contributed by atoms with van der Waals surface area (Å²) < 4.78 is 0. The molecule has 1 atom stereocenters. The van der Waals surface area contributed by atoms with E-state index in [2.05, 4.69) is 5.32 Å². The van der Waals surface area contributed by atoms with Gasteiger partial charge in [0.1, 0.15) is 5.02 Å². The van der Waals surface area contributed by atoms with Crippen LogP contribution in [-0.4, -0.2) is 10.8 Å². The molecule has 7 heteroatoms. The van der Waals surface area contributed by atoms with Gasteiger partial charge in [-0.15, -0.1) is 11.3 Å². The van der Waals surface area contributed by atoms with Crippen molar-refractivity contribution in [3.05, 3.63) is 61.3 Å². The van der Waals surface area contributed by atoms with Crippen molar-refractivity contribution in [2.45, 2.75) is 26.8 Å². The minimum Gasteiger partial charge on any atom is -0.344 e. The van der Waals surface area contributed by atoms with Crippen LogP contribution >= 0.6 is 22.9 Å². The van der Waals surface area contributed by atoms with Gasteiger partial charge in [-0.1, -0.05) is 38.4 Å². The Morgan fingerprint density at radius 3 is 2.57 bits per heavy atom. The van der Waals surface area contributed by atoms with Crippen molar-refractivity contribution in [2.24, 2.45) is 5.41 Å². The standard InChI is InChI=1S/C16H17ClN2O3S/c1-16(2,3)14(13-5-4-8-23-13)18-15(20)10-6-7-11(17)12(9-10)19(21)22/h4-9,14H,1-3H3,(H,18,20). The van der Waals surface area contributed by atoms with Gasteiger partial charge in [0.05, 0.1) is 11.0 Å². The summed E-state index contributed by atoms with van der Waals surface area (Å²) in [5.41, 5.74) is -0.256. The van der Waals surface area contributed by atoms with Crippen LogP contribution in [0.15, 0.2) is 35.7 Å². The van der Waals surface area contributed by atoms with Crippen LogP contribution in [0.4, 0.5) is 5.69 Å². The zero-order valence-electron chi connectivity index (χ0n) is 13.0. The van der Waals surface area contributed by atoms with E-state index < -0.39 is 4.92 Å². The maximum Gasteiger partial charge on any atom is 0.288 e. The van der Waals surface area contributed by atoms with Crippen LogP contribution in [-0.2, 0) is 0 Å². The molecule has 0 radical (unpaired) electrons. The molecule has 1 aromatic carbocycles. The predicted octanol–water partition coefficient (Wildman–Crippen LogP) is 4.83. The Balaban J connectivity index is 2.30. The van der Waals surface area contributed by atoms with Crippen molar-refractivity contribution in [1.29, 1.82) is 0 Å². The second kappa shape index (κ2) is 6.68. The lowest BCUT2D eigenvalue weighted by Crippen LogP contribution is -2.36. The minimum atomic E-state index is -0.598.